The fourth-order valence-corrected chi connectivity index (χ4v) is 4.25. The molecule has 0 fully saturated rings. The maximum absolute atomic E-state index is 13.8. The van der Waals surface area contributed by atoms with Crippen LogP contribution in [0.25, 0.3) is 10.9 Å². The Kier molecular flexibility index (Phi) is 9.00. The Morgan fingerprint density at radius 3 is 2.69 bits per heavy atom. The quantitative estimate of drug-likeness (QED) is 0.285. The highest BCUT2D eigenvalue weighted by atomic mass is 19.2. The van der Waals surface area contributed by atoms with Gasteiger partial charge in [0, 0.05) is 30.9 Å². The maximum atomic E-state index is 13.8. The number of aromatic nitrogens is 2. The van der Waals surface area contributed by atoms with Crippen LogP contribution in [-0.2, 0) is 6.54 Å². The number of benzene rings is 2. The van der Waals surface area contributed by atoms with Gasteiger partial charge in [0.05, 0.1) is 24.8 Å². The molecule has 0 bridgehead atoms. The molecule has 1 amide bonds. The SMILES string of the molecule is CN(C)CCCOc1ccnc2ccc(CNC(=O)c3cccn(C(CO)c4ccc(F)c(F)c4)c3=O)cc12. The summed E-state index contributed by atoms with van der Waals surface area (Å²) in [5, 5.41) is 13.5. The minimum absolute atomic E-state index is 0.144. The van der Waals surface area contributed by atoms with Gasteiger partial charge >= 0.3 is 0 Å². The molecule has 0 saturated carbocycles. The second-order valence-corrected chi connectivity index (χ2v) is 9.35. The van der Waals surface area contributed by atoms with Gasteiger partial charge in [0.1, 0.15) is 11.3 Å². The smallest absolute Gasteiger partial charge is 0.264 e. The normalized spacial score (nSPS) is 12.1. The van der Waals surface area contributed by atoms with Crippen LogP contribution in [0.4, 0.5) is 8.78 Å². The molecule has 0 aliphatic carbocycles. The van der Waals surface area contributed by atoms with Crippen LogP contribution in [-0.4, -0.2) is 59.3 Å². The first kappa shape index (κ1) is 27.9. The molecule has 39 heavy (non-hydrogen) atoms. The third-order valence-corrected chi connectivity index (χ3v) is 6.28. The molecule has 2 aromatic heterocycles. The van der Waals surface area contributed by atoms with E-state index in [1.165, 1.54) is 24.4 Å². The number of hydrogen-bond acceptors (Lipinski definition) is 6. The molecule has 2 heterocycles. The highest BCUT2D eigenvalue weighted by Crippen LogP contribution is 2.25. The van der Waals surface area contributed by atoms with Gasteiger partial charge in [-0.05, 0) is 74.1 Å². The van der Waals surface area contributed by atoms with Gasteiger partial charge in [0.15, 0.2) is 11.6 Å². The monoisotopic (exact) mass is 536 g/mol. The first-order valence-corrected chi connectivity index (χ1v) is 12.5. The summed E-state index contributed by atoms with van der Waals surface area (Å²) < 4.78 is 34.2. The number of aliphatic hydroxyl groups is 1. The molecule has 1 atom stereocenters. The summed E-state index contributed by atoms with van der Waals surface area (Å²) in [6, 6.07) is 12.4. The molecule has 8 nitrogen and oxygen atoms in total. The van der Waals surface area contributed by atoms with Gasteiger partial charge in [-0.2, -0.15) is 0 Å². The van der Waals surface area contributed by atoms with Crippen molar-refractivity contribution in [2.24, 2.45) is 0 Å². The topological polar surface area (TPSA) is 96.7 Å². The van der Waals surface area contributed by atoms with E-state index in [0.29, 0.717) is 12.4 Å². The van der Waals surface area contributed by atoms with Crippen LogP contribution in [0, 0.1) is 11.6 Å². The molecule has 1 unspecified atom stereocenters. The molecule has 204 valence electrons. The van der Waals surface area contributed by atoms with Crippen molar-refractivity contribution in [2.45, 2.75) is 19.0 Å². The standard InChI is InChI=1S/C29H30F2N4O4/c1-34(2)12-4-14-39-27-10-11-32-25-9-6-19(15-22(25)27)17-33-28(37)21-5-3-13-35(29(21)38)26(18-36)20-7-8-23(30)24(31)16-20/h3,5-11,13,15-16,26,36H,4,12,14,17-18H2,1-2H3,(H,33,37). The third kappa shape index (κ3) is 6.65. The predicted molar refractivity (Wildman–Crippen MR) is 144 cm³/mol. The van der Waals surface area contributed by atoms with E-state index in [9.17, 15) is 23.5 Å². The number of nitrogens with one attached hydrogen (secondary N) is 1. The second kappa shape index (κ2) is 12.6. The summed E-state index contributed by atoms with van der Waals surface area (Å²) in [4.78, 5) is 32.6. The van der Waals surface area contributed by atoms with Crippen molar-refractivity contribution in [3.05, 3.63) is 106 Å². The van der Waals surface area contributed by atoms with Crippen LogP contribution < -0.4 is 15.6 Å². The number of halogens is 2. The van der Waals surface area contributed by atoms with Crippen molar-refractivity contribution >= 4 is 16.8 Å². The summed E-state index contributed by atoms with van der Waals surface area (Å²) >= 11 is 0. The molecular weight excluding hydrogens is 506 g/mol. The van der Waals surface area contributed by atoms with Crippen LogP contribution in [0.15, 0.2) is 71.8 Å². The molecule has 0 aliphatic heterocycles. The van der Waals surface area contributed by atoms with Gasteiger partial charge in [-0.1, -0.05) is 12.1 Å². The van der Waals surface area contributed by atoms with Gasteiger partial charge < -0.3 is 24.6 Å². The molecule has 4 aromatic rings. The van der Waals surface area contributed by atoms with Crippen molar-refractivity contribution in [2.75, 3.05) is 33.9 Å². The molecule has 0 radical (unpaired) electrons. The summed E-state index contributed by atoms with van der Waals surface area (Å²) in [6.07, 6.45) is 3.94. The summed E-state index contributed by atoms with van der Waals surface area (Å²) in [5.74, 6) is -2.04. The van der Waals surface area contributed by atoms with Crippen molar-refractivity contribution in [3.8, 4) is 5.75 Å². The number of amides is 1. The lowest BCUT2D eigenvalue weighted by atomic mass is 10.1. The fourth-order valence-electron chi connectivity index (χ4n) is 4.25. The van der Waals surface area contributed by atoms with E-state index >= 15 is 0 Å². The Bertz CT molecular complexity index is 1520. The van der Waals surface area contributed by atoms with Crippen LogP contribution in [0.5, 0.6) is 5.75 Å². The third-order valence-electron chi connectivity index (χ3n) is 6.28. The zero-order chi connectivity index (χ0) is 27.9. The molecule has 2 aromatic carbocycles. The van der Waals surface area contributed by atoms with E-state index in [1.54, 1.807) is 12.3 Å². The van der Waals surface area contributed by atoms with Gasteiger partial charge in [0.2, 0.25) is 0 Å². The van der Waals surface area contributed by atoms with E-state index < -0.39 is 35.7 Å². The molecule has 0 aliphatic rings. The molecule has 4 rings (SSSR count). The van der Waals surface area contributed by atoms with Gasteiger partial charge in [-0.3, -0.25) is 14.6 Å². The van der Waals surface area contributed by atoms with Gasteiger partial charge in [-0.15, -0.1) is 0 Å². The molecule has 0 spiro atoms. The van der Waals surface area contributed by atoms with Crippen molar-refractivity contribution in [1.29, 1.82) is 0 Å². The van der Waals surface area contributed by atoms with Crippen LogP contribution in [0.3, 0.4) is 0 Å². The number of aliphatic hydroxyl groups excluding tert-OH is 1. The minimum atomic E-state index is -1.10. The van der Waals surface area contributed by atoms with Crippen molar-refractivity contribution in [3.63, 3.8) is 0 Å². The Hall–Kier alpha value is -4.15. The molecule has 2 N–H and O–H groups in total. The lowest BCUT2D eigenvalue weighted by Gasteiger charge is -2.19. The molecule has 10 heteroatoms. The summed E-state index contributed by atoms with van der Waals surface area (Å²) in [7, 11) is 4.01. The van der Waals surface area contributed by atoms with E-state index in [-0.39, 0.29) is 17.7 Å². The summed E-state index contributed by atoms with van der Waals surface area (Å²) in [5.41, 5.74) is 0.919. The number of rotatable bonds is 11. The first-order chi connectivity index (χ1) is 18.8. The van der Waals surface area contributed by atoms with E-state index in [2.05, 4.69) is 15.2 Å². The van der Waals surface area contributed by atoms with Gasteiger partial charge in [0.25, 0.3) is 11.5 Å². The number of pyridine rings is 2. The van der Waals surface area contributed by atoms with Crippen molar-refractivity contribution < 1.29 is 23.4 Å². The average molecular weight is 537 g/mol. The number of carbonyl (C=O) groups excluding carboxylic acids is 1. The molecule has 0 saturated heterocycles. The van der Waals surface area contributed by atoms with Crippen LogP contribution in [0.1, 0.15) is 33.9 Å². The second-order valence-electron chi connectivity index (χ2n) is 9.35. The number of carbonyl (C=O) groups is 1. The minimum Gasteiger partial charge on any atom is -0.493 e. The Morgan fingerprint density at radius 1 is 1.13 bits per heavy atom. The Morgan fingerprint density at radius 2 is 1.95 bits per heavy atom. The zero-order valence-electron chi connectivity index (χ0n) is 21.7. The summed E-state index contributed by atoms with van der Waals surface area (Å²) in [6.45, 7) is 1.05. The molecular formula is C29H30F2N4O4. The van der Waals surface area contributed by atoms with Crippen LogP contribution in [0.2, 0.25) is 0 Å². The van der Waals surface area contributed by atoms with E-state index in [4.69, 9.17) is 4.74 Å². The van der Waals surface area contributed by atoms with E-state index in [0.717, 1.165) is 46.1 Å². The highest BCUT2D eigenvalue weighted by molar-refractivity contribution is 5.94. The Balaban J connectivity index is 1.50. The van der Waals surface area contributed by atoms with Crippen LogP contribution >= 0.6 is 0 Å². The largest absolute Gasteiger partial charge is 0.493 e. The Labute approximate surface area is 224 Å². The van der Waals surface area contributed by atoms with E-state index in [1.807, 2.05) is 32.3 Å². The van der Waals surface area contributed by atoms with Gasteiger partial charge in [-0.25, -0.2) is 8.78 Å². The number of ether oxygens (including phenoxy) is 1. The number of nitrogens with zero attached hydrogens (tertiary/aromatic N) is 3. The average Bonchev–Trinajstić information content (AvgIpc) is 2.93. The maximum Gasteiger partial charge on any atom is 0.264 e. The zero-order valence-corrected chi connectivity index (χ0v) is 21.7. The van der Waals surface area contributed by atoms with Crippen molar-refractivity contribution in [1.82, 2.24) is 19.8 Å². The fraction of sp³-hybridized carbons (Fsp3) is 0.276. The lowest BCUT2D eigenvalue weighted by molar-refractivity contribution is 0.0948. The number of fused-ring (bicyclic) bond motifs is 1. The predicted octanol–water partition coefficient (Wildman–Crippen LogP) is 3.52. The first-order valence-electron chi connectivity index (χ1n) is 12.5. The number of hydrogen-bond donors (Lipinski definition) is 2. The highest BCUT2D eigenvalue weighted by Gasteiger charge is 2.20. The lowest BCUT2D eigenvalue weighted by Crippen LogP contribution is -2.35.